The molecule has 0 aliphatic rings. The van der Waals surface area contributed by atoms with Crippen molar-refractivity contribution in [2.75, 3.05) is 7.11 Å². The van der Waals surface area contributed by atoms with E-state index < -0.39 is 0 Å². The normalized spacial score (nSPS) is 10.7. The van der Waals surface area contributed by atoms with Crippen molar-refractivity contribution in [1.29, 1.82) is 0 Å². The molecule has 0 spiro atoms. The van der Waals surface area contributed by atoms with Crippen molar-refractivity contribution in [3.05, 3.63) is 54.1 Å². The summed E-state index contributed by atoms with van der Waals surface area (Å²) in [5, 5.41) is 0. The number of rotatable bonds is 14. The molecule has 0 amide bonds. The molecule has 0 aliphatic carbocycles. The fourth-order valence-electron chi connectivity index (χ4n) is 3.34. The average Bonchev–Trinajstić information content (AvgIpc) is 2.71. The highest BCUT2D eigenvalue weighted by Crippen LogP contribution is 2.25. The average molecular weight is 369 g/mol. The van der Waals surface area contributed by atoms with Gasteiger partial charge in [0.05, 0.1) is 7.11 Å². The molecule has 2 aromatic rings. The van der Waals surface area contributed by atoms with Crippen molar-refractivity contribution in [1.82, 2.24) is 0 Å². The van der Waals surface area contributed by atoms with Crippen LogP contribution in [0.3, 0.4) is 0 Å². The molecular weight excluding hydrogens is 332 g/mol. The van der Waals surface area contributed by atoms with Crippen LogP contribution in [-0.2, 0) is 6.42 Å². The highest BCUT2D eigenvalue weighted by Gasteiger charge is 2.00. The smallest absolute Gasteiger partial charge is 0.131 e. The van der Waals surface area contributed by atoms with Gasteiger partial charge in [0.2, 0.25) is 0 Å². The molecule has 0 N–H and O–H groups in total. The van der Waals surface area contributed by atoms with E-state index in [1.165, 1.54) is 69.8 Å². The summed E-state index contributed by atoms with van der Waals surface area (Å²) in [6.07, 6.45) is 15.0. The monoisotopic (exact) mass is 368 g/mol. The van der Waals surface area contributed by atoms with Crippen molar-refractivity contribution in [3.8, 4) is 17.2 Å². The predicted octanol–water partition coefficient (Wildman–Crippen LogP) is 7.95. The van der Waals surface area contributed by atoms with Gasteiger partial charge < -0.3 is 9.47 Å². The first-order valence-electron chi connectivity index (χ1n) is 10.7. The Morgan fingerprint density at radius 3 is 1.85 bits per heavy atom. The molecule has 2 aromatic carbocycles. The summed E-state index contributed by atoms with van der Waals surface area (Å²) in [5.74, 6) is 2.48. The fourth-order valence-corrected chi connectivity index (χ4v) is 3.34. The summed E-state index contributed by atoms with van der Waals surface area (Å²) < 4.78 is 11.1. The Hall–Kier alpha value is -1.96. The third kappa shape index (κ3) is 8.99. The zero-order chi connectivity index (χ0) is 19.2. The number of aryl methyl sites for hydroxylation is 1. The molecule has 0 radical (unpaired) electrons. The molecule has 0 unspecified atom stereocenters. The Bertz CT molecular complexity index is 618. The minimum Gasteiger partial charge on any atom is -0.497 e. The molecule has 27 heavy (non-hydrogen) atoms. The van der Waals surface area contributed by atoms with E-state index in [1.54, 1.807) is 7.11 Å². The van der Waals surface area contributed by atoms with E-state index in [2.05, 4.69) is 31.2 Å². The molecule has 0 heterocycles. The lowest BCUT2D eigenvalue weighted by molar-refractivity contribution is 0.409. The molecule has 2 rings (SSSR count). The first kappa shape index (κ1) is 21.3. The summed E-state index contributed by atoms with van der Waals surface area (Å²) >= 11 is 0. The highest BCUT2D eigenvalue weighted by atomic mass is 16.5. The summed E-state index contributed by atoms with van der Waals surface area (Å²) in [6, 6.07) is 16.2. The van der Waals surface area contributed by atoms with E-state index >= 15 is 0 Å². The zero-order valence-electron chi connectivity index (χ0n) is 17.2. The second kappa shape index (κ2) is 13.2. The number of hydrogen-bond acceptors (Lipinski definition) is 2. The maximum atomic E-state index is 5.90. The van der Waals surface area contributed by atoms with Crippen molar-refractivity contribution >= 4 is 0 Å². The zero-order valence-corrected chi connectivity index (χ0v) is 17.2. The second-order valence-electron chi connectivity index (χ2n) is 7.36. The Balaban J connectivity index is 1.59. The van der Waals surface area contributed by atoms with Crippen molar-refractivity contribution in [2.24, 2.45) is 0 Å². The van der Waals surface area contributed by atoms with Gasteiger partial charge in [-0.3, -0.25) is 0 Å². The van der Waals surface area contributed by atoms with Gasteiger partial charge in [-0.15, -0.1) is 0 Å². The first-order chi connectivity index (χ1) is 13.3. The molecule has 0 fully saturated rings. The minimum absolute atomic E-state index is 0.803. The second-order valence-corrected chi connectivity index (χ2v) is 7.36. The minimum atomic E-state index is 0.803. The molecule has 0 saturated heterocycles. The number of ether oxygens (including phenoxy) is 2. The predicted molar refractivity (Wildman–Crippen MR) is 115 cm³/mol. The molecule has 0 atom stereocenters. The number of hydrogen-bond donors (Lipinski definition) is 0. The highest BCUT2D eigenvalue weighted by molar-refractivity contribution is 5.37. The third-order valence-electron chi connectivity index (χ3n) is 5.02. The molecule has 0 saturated carbocycles. The lowest BCUT2D eigenvalue weighted by atomic mass is 10.0. The van der Waals surface area contributed by atoms with Gasteiger partial charge in [-0.2, -0.15) is 0 Å². The van der Waals surface area contributed by atoms with E-state index in [4.69, 9.17) is 9.47 Å². The van der Waals surface area contributed by atoms with Crippen LogP contribution in [0.4, 0.5) is 0 Å². The lowest BCUT2D eigenvalue weighted by Gasteiger charge is -2.08. The van der Waals surface area contributed by atoms with Gasteiger partial charge in [0.15, 0.2) is 0 Å². The van der Waals surface area contributed by atoms with Gasteiger partial charge in [-0.05, 0) is 42.7 Å². The van der Waals surface area contributed by atoms with Gasteiger partial charge in [0.25, 0.3) is 0 Å². The van der Waals surface area contributed by atoms with Crippen LogP contribution >= 0.6 is 0 Å². The van der Waals surface area contributed by atoms with Crippen LogP contribution in [-0.4, -0.2) is 7.11 Å². The van der Waals surface area contributed by atoms with Crippen LogP contribution in [0.1, 0.15) is 76.7 Å². The van der Waals surface area contributed by atoms with Gasteiger partial charge in [-0.1, -0.05) is 82.9 Å². The standard InChI is InChI=1S/C25H36O2/c1-3-4-5-6-7-8-9-10-11-12-14-22-17-19-23(20-18-22)27-25-16-13-15-24(21-25)26-2/h13,15-21H,3-12,14H2,1-2H3. The molecular formula is C25H36O2. The maximum Gasteiger partial charge on any atom is 0.131 e. The van der Waals surface area contributed by atoms with Gasteiger partial charge in [-0.25, -0.2) is 0 Å². The van der Waals surface area contributed by atoms with E-state index in [1.807, 2.05) is 24.3 Å². The van der Waals surface area contributed by atoms with E-state index in [-0.39, 0.29) is 0 Å². The summed E-state index contributed by atoms with van der Waals surface area (Å²) in [6.45, 7) is 2.28. The quantitative estimate of drug-likeness (QED) is 0.315. The Morgan fingerprint density at radius 1 is 0.630 bits per heavy atom. The molecule has 148 valence electrons. The molecule has 0 bridgehead atoms. The molecule has 0 aromatic heterocycles. The van der Waals surface area contributed by atoms with Crippen LogP contribution in [0.15, 0.2) is 48.5 Å². The Kier molecular flexibility index (Phi) is 10.5. The SMILES string of the molecule is CCCCCCCCCCCCc1ccc(Oc2cccc(OC)c2)cc1. The van der Waals surface area contributed by atoms with E-state index in [0.717, 1.165) is 23.7 Å². The van der Waals surface area contributed by atoms with Gasteiger partial charge >= 0.3 is 0 Å². The fraction of sp³-hybridized carbons (Fsp3) is 0.520. The van der Waals surface area contributed by atoms with E-state index in [9.17, 15) is 0 Å². The van der Waals surface area contributed by atoms with Crippen molar-refractivity contribution < 1.29 is 9.47 Å². The molecule has 2 nitrogen and oxygen atoms in total. The van der Waals surface area contributed by atoms with Crippen molar-refractivity contribution in [2.45, 2.75) is 77.6 Å². The Morgan fingerprint density at radius 2 is 1.22 bits per heavy atom. The van der Waals surface area contributed by atoms with Crippen LogP contribution in [0.2, 0.25) is 0 Å². The van der Waals surface area contributed by atoms with Crippen LogP contribution < -0.4 is 9.47 Å². The molecule has 2 heteroatoms. The van der Waals surface area contributed by atoms with Crippen LogP contribution in [0, 0.1) is 0 Å². The van der Waals surface area contributed by atoms with Crippen LogP contribution in [0.25, 0.3) is 0 Å². The number of methoxy groups -OCH3 is 1. The lowest BCUT2D eigenvalue weighted by Crippen LogP contribution is -1.89. The summed E-state index contributed by atoms with van der Waals surface area (Å²) in [7, 11) is 1.67. The van der Waals surface area contributed by atoms with E-state index in [0.29, 0.717) is 0 Å². The number of benzene rings is 2. The largest absolute Gasteiger partial charge is 0.497 e. The number of unbranched alkanes of at least 4 members (excludes halogenated alkanes) is 9. The Labute approximate surface area is 165 Å². The molecule has 0 aliphatic heterocycles. The maximum absolute atomic E-state index is 5.90. The summed E-state index contributed by atoms with van der Waals surface area (Å²) in [4.78, 5) is 0. The van der Waals surface area contributed by atoms with Crippen LogP contribution in [0.5, 0.6) is 17.2 Å². The summed E-state index contributed by atoms with van der Waals surface area (Å²) in [5.41, 5.74) is 1.40. The first-order valence-corrected chi connectivity index (χ1v) is 10.7. The third-order valence-corrected chi connectivity index (χ3v) is 5.02. The van der Waals surface area contributed by atoms with Gasteiger partial charge in [0, 0.05) is 6.07 Å². The topological polar surface area (TPSA) is 18.5 Å². The van der Waals surface area contributed by atoms with Crippen molar-refractivity contribution in [3.63, 3.8) is 0 Å². The van der Waals surface area contributed by atoms with Gasteiger partial charge in [0.1, 0.15) is 17.2 Å².